The predicted molar refractivity (Wildman–Crippen MR) is 256 cm³/mol. The van der Waals surface area contributed by atoms with E-state index in [4.69, 9.17) is 52.8 Å². The molecular weight excluding hydrogens is 1120 g/mol. The first kappa shape index (κ1) is 76.6. The van der Waals surface area contributed by atoms with Gasteiger partial charge in [0.25, 0.3) is 0 Å². The van der Waals surface area contributed by atoms with E-state index in [0.717, 1.165) is 39.5 Å². The van der Waals surface area contributed by atoms with Crippen LogP contribution in [0.4, 0.5) is 57.1 Å². The van der Waals surface area contributed by atoms with Gasteiger partial charge in [-0.05, 0) is 84.5 Å². The van der Waals surface area contributed by atoms with E-state index < -0.39 is 128 Å². The highest BCUT2D eigenvalue weighted by Crippen LogP contribution is 2.60. The van der Waals surface area contributed by atoms with Crippen LogP contribution in [-0.2, 0) is 66.5 Å². The van der Waals surface area contributed by atoms with Crippen LogP contribution in [0, 0.1) is 22.7 Å². The smallest absolute Gasteiger partial charge is 0.460 e. The molecule has 4 unspecified atom stereocenters. The standard InChI is InChI=1S/C50H81F13O17/c1-5-43(3,41(69)80-33-16-65)35-38(39(66)67)36-44(4,42(70)79-32-14-45(51,52)46(53,54)47(55,56)48(57,58)49(59,60)50(61,62)63)34-37(2)40(68)78-31-13-30-77-29-12-28-76-27-11-26-75-25-10-24-74-23-9-22-73-21-8-20-72-19-7-18-71-17-6-15-64/h37-38,64-65H,5-36H2,1-4H3,(H,66,67). The lowest BCUT2D eigenvalue weighted by Crippen LogP contribution is -2.70. The quantitative estimate of drug-likeness (QED) is 0.0224. The number of aliphatic hydroxyl groups is 2. The number of halogens is 13. The molecule has 30 heteroatoms. The molecule has 0 saturated heterocycles. The first-order valence-corrected chi connectivity index (χ1v) is 26.3. The van der Waals surface area contributed by atoms with E-state index in [9.17, 15) is 81.4 Å². The van der Waals surface area contributed by atoms with Crippen molar-refractivity contribution in [1.29, 1.82) is 0 Å². The summed E-state index contributed by atoms with van der Waals surface area (Å²) < 4.78 is 231. The summed E-state index contributed by atoms with van der Waals surface area (Å²) in [4.78, 5) is 52.0. The third-order valence-electron chi connectivity index (χ3n) is 12.2. The van der Waals surface area contributed by atoms with E-state index in [1.54, 1.807) is 0 Å². The number of esters is 3. The van der Waals surface area contributed by atoms with Crippen molar-refractivity contribution in [3.63, 3.8) is 0 Å². The Kier molecular flexibility index (Phi) is 36.8. The normalized spacial score (nSPS) is 15.2. The number of hydrogen-bond acceptors (Lipinski definition) is 16. The Morgan fingerprint density at radius 3 is 1.10 bits per heavy atom. The number of rotatable bonds is 51. The van der Waals surface area contributed by atoms with Gasteiger partial charge in [0.15, 0.2) is 0 Å². The molecule has 0 aromatic rings. The number of carbonyl (C=O) groups is 4. The average molecular weight is 1200 g/mol. The average Bonchev–Trinajstić information content (AvgIpc) is 3.38. The van der Waals surface area contributed by atoms with Crippen LogP contribution in [0.5, 0.6) is 0 Å². The highest BCUT2D eigenvalue weighted by Gasteiger charge is 2.90. The molecule has 80 heavy (non-hydrogen) atoms. The lowest BCUT2D eigenvalue weighted by atomic mass is 9.70. The van der Waals surface area contributed by atoms with E-state index in [1.165, 1.54) is 13.8 Å². The number of alkyl halides is 13. The zero-order valence-corrected chi connectivity index (χ0v) is 45.8. The van der Waals surface area contributed by atoms with Gasteiger partial charge in [0.05, 0.1) is 48.9 Å². The van der Waals surface area contributed by atoms with Gasteiger partial charge in [0.1, 0.15) is 6.61 Å². The second kappa shape index (κ2) is 38.5. The lowest BCUT2D eigenvalue weighted by molar-refractivity contribution is -0.440. The molecule has 0 amide bonds. The van der Waals surface area contributed by atoms with E-state index >= 15 is 0 Å². The van der Waals surface area contributed by atoms with Gasteiger partial charge in [-0.2, -0.15) is 57.1 Å². The molecule has 0 heterocycles. The SMILES string of the molecule is CCC(C)(CC(CC(C)(CC(C)C(=O)OCCCOCCCOCCCOCCCOCCCOCCCOCCCOCCCO)C(=O)OCCC(F)(F)C(F)(F)C(F)(F)C(F)(F)C(F)(F)C(F)(F)F)C(=O)O)C(=O)OCCO. The monoisotopic (exact) mass is 1200 g/mol. The Morgan fingerprint density at radius 1 is 0.412 bits per heavy atom. The van der Waals surface area contributed by atoms with E-state index in [1.807, 2.05) is 0 Å². The topological polar surface area (TPSA) is 221 Å². The third kappa shape index (κ3) is 26.5. The summed E-state index contributed by atoms with van der Waals surface area (Å²) in [5.41, 5.74) is -4.01. The summed E-state index contributed by atoms with van der Waals surface area (Å²) in [5.74, 6) is -47.1. The fraction of sp³-hybridized carbons (Fsp3) is 0.920. The van der Waals surface area contributed by atoms with Crippen molar-refractivity contribution < 1.29 is 139 Å². The Bertz CT molecular complexity index is 1720. The maximum Gasteiger partial charge on any atom is 0.460 e. The molecule has 0 aliphatic rings. The largest absolute Gasteiger partial charge is 0.481 e. The van der Waals surface area contributed by atoms with Crippen LogP contribution in [0.3, 0.4) is 0 Å². The zero-order valence-electron chi connectivity index (χ0n) is 45.8. The number of carboxylic acid groups (broad SMARTS) is 1. The Labute approximate surface area is 457 Å². The minimum atomic E-state index is -8.15. The maximum atomic E-state index is 14.6. The molecule has 17 nitrogen and oxygen atoms in total. The van der Waals surface area contributed by atoms with Crippen molar-refractivity contribution in [2.45, 2.75) is 147 Å². The summed E-state index contributed by atoms with van der Waals surface area (Å²) in [7, 11) is 0. The summed E-state index contributed by atoms with van der Waals surface area (Å²) in [6.07, 6.45) is -7.95. The number of ether oxygens (including phenoxy) is 10. The van der Waals surface area contributed by atoms with Gasteiger partial charge in [-0.15, -0.1) is 0 Å². The van der Waals surface area contributed by atoms with Crippen molar-refractivity contribution in [1.82, 2.24) is 0 Å². The van der Waals surface area contributed by atoms with Crippen LogP contribution in [0.25, 0.3) is 0 Å². The van der Waals surface area contributed by atoms with Crippen molar-refractivity contribution >= 4 is 23.9 Å². The minimum Gasteiger partial charge on any atom is -0.481 e. The third-order valence-corrected chi connectivity index (χ3v) is 12.2. The molecule has 0 rings (SSSR count). The molecule has 0 radical (unpaired) electrons. The predicted octanol–water partition coefficient (Wildman–Crippen LogP) is 8.90. The van der Waals surface area contributed by atoms with Crippen LogP contribution < -0.4 is 0 Å². The number of aliphatic carboxylic acids is 1. The number of carboxylic acids is 1. The molecule has 0 aliphatic carbocycles. The van der Waals surface area contributed by atoms with Crippen LogP contribution in [0.15, 0.2) is 0 Å². The van der Waals surface area contributed by atoms with Gasteiger partial charge in [-0.3, -0.25) is 19.2 Å². The number of carbonyl (C=O) groups excluding carboxylic acids is 3. The molecule has 0 aromatic carbocycles. The first-order chi connectivity index (χ1) is 37.3. The van der Waals surface area contributed by atoms with Crippen molar-refractivity contribution in [3.8, 4) is 0 Å². The van der Waals surface area contributed by atoms with E-state index in [-0.39, 0.29) is 39.3 Å². The second-order valence-corrected chi connectivity index (χ2v) is 19.3. The van der Waals surface area contributed by atoms with Crippen molar-refractivity contribution in [2.75, 3.05) is 126 Å². The molecule has 0 fully saturated rings. The van der Waals surface area contributed by atoms with E-state index in [2.05, 4.69) is 4.74 Å². The van der Waals surface area contributed by atoms with Gasteiger partial charge in [0, 0.05) is 106 Å². The maximum absolute atomic E-state index is 14.6. The molecular formula is C50H81F13O17. The van der Waals surface area contributed by atoms with Crippen LogP contribution in [0.2, 0.25) is 0 Å². The van der Waals surface area contributed by atoms with Crippen molar-refractivity contribution in [2.24, 2.45) is 22.7 Å². The Balaban J connectivity index is 5.05. The zero-order chi connectivity index (χ0) is 61.2. The summed E-state index contributed by atoms with van der Waals surface area (Å²) in [6, 6.07) is 0. The minimum absolute atomic E-state index is 0.0914. The molecule has 4 atom stereocenters. The molecule has 0 spiro atoms. The van der Waals surface area contributed by atoms with Crippen LogP contribution in [0.1, 0.15) is 111 Å². The number of aliphatic hydroxyl groups excluding tert-OH is 2. The number of hydrogen-bond donors (Lipinski definition) is 3. The molecule has 0 bridgehead atoms. The highest BCUT2D eigenvalue weighted by atomic mass is 19.4. The summed E-state index contributed by atoms with van der Waals surface area (Å²) in [6.45, 7) is 8.21. The molecule has 0 aliphatic heterocycles. The fourth-order valence-corrected chi connectivity index (χ4v) is 7.37. The fourth-order valence-electron chi connectivity index (χ4n) is 7.37. The van der Waals surface area contributed by atoms with E-state index in [0.29, 0.717) is 98.5 Å². The van der Waals surface area contributed by atoms with Crippen LogP contribution >= 0.6 is 0 Å². The van der Waals surface area contributed by atoms with Gasteiger partial charge in [-0.1, -0.05) is 13.8 Å². The summed E-state index contributed by atoms with van der Waals surface area (Å²) in [5, 5.41) is 27.9. The highest BCUT2D eigenvalue weighted by molar-refractivity contribution is 5.81. The molecule has 0 saturated carbocycles. The lowest BCUT2D eigenvalue weighted by Gasteiger charge is -2.39. The molecule has 474 valence electrons. The first-order valence-electron chi connectivity index (χ1n) is 26.3. The molecule has 3 N–H and O–H groups in total. The Hall–Kier alpha value is -3.39. The van der Waals surface area contributed by atoms with Gasteiger partial charge in [0.2, 0.25) is 0 Å². The van der Waals surface area contributed by atoms with Gasteiger partial charge in [-0.25, -0.2) is 0 Å². The van der Waals surface area contributed by atoms with Gasteiger partial charge >= 0.3 is 59.7 Å². The van der Waals surface area contributed by atoms with Gasteiger partial charge < -0.3 is 62.7 Å². The molecule has 0 aromatic heterocycles. The van der Waals surface area contributed by atoms with Crippen molar-refractivity contribution in [3.05, 3.63) is 0 Å². The Morgan fingerprint density at radius 2 is 0.750 bits per heavy atom. The second-order valence-electron chi connectivity index (χ2n) is 19.3. The van der Waals surface area contributed by atoms with Crippen LogP contribution in [-0.4, -0.2) is 201 Å². The summed E-state index contributed by atoms with van der Waals surface area (Å²) >= 11 is 0.